The van der Waals surface area contributed by atoms with Gasteiger partial charge in [0.1, 0.15) is 17.5 Å². The zero-order valence-corrected chi connectivity index (χ0v) is 15.6. The normalized spacial score (nSPS) is 11.4. The molecule has 1 amide bonds. The predicted molar refractivity (Wildman–Crippen MR) is 101 cm³/mol. The Bertz CT molecular complexity index is 1250. The first-order valence-electron chi connectivity index (χ1n) is 8.87. The molecule has 2 aromatic heterocycles. The summed E-state index contributed by atoms with van der Waals surface area (Å²) in [5.41, 5.74) is 1.50. The fraction of sp³-hybridized carbons (Fsp3) is 0.150. The number of carbonyl (C=O) groups excluding carboxylic acids is 1. The van der Waals surface area contributed by atoms with Crippen LogP contribution in [0.3, 0.4) is 0 Å². The summed E-state index contributed by atoms with van der Waals surface area (Å²) >= 11 is 0. The van der Waals surface area contributed by atoms with Crippen molar-refractivity contribution in [1.82, 2.24) is 19.7 Å². The number of nitrogens with one attached hydrogen (secondary N) is 2. The fourth-order valence-electron chi connectivity index (χ4n) is 3.04. The number of imidazole rings is 1. The Morgan fingerprint density at radius 2 is 2.00 bits per heavy atom. The second-order valence-corrected chi connectivity index (χ2v) is 6.68. The van der Waals surface area contributed by atoms with Crippen molar-refractivity contribution in [3.05, 3.63) is 76.7 Å². The van der Waals surface area contributed by atoms with Crippen LogP contribution in [0.2, 0.25) is 0 Å². The number of anilines is 1. The van der Waals surface area contributed by atoms with Crippen molar-refractivity contribution < 1.29 is 22.4 Å². The second-order valence-electron chi connectivity index (χ2n) is 6.68. The molecule has 4 rings (SSSR count). The van der Waals surface area contributed by atoms with Gasteiger partial charge in [-0.15, -0.1) is 0 Å². The van der Waals surface area contributed by atoms with Crippen LogP contribution in [0.25, 0.3) is 11.0 Å². The minimum Gasteiger partial charge on any atom is -0.337 e. The van der Waals surface area contributed by atoms with Crippen LogP contribution in [0.15, 0.2) is 42.6 Å². The molecule has 0 spiro atoms. The molecule has 2 heterocycles. The van der Waals surface area contributed by atoms with Crippen molar-refractivity contribution in [3.63, 3.8) is 0 Å². The molecule has 0 atom stereocenters. The van der Waals surface area contributed by atoms with E-state index in [2.05, 4.69) is 20.4 Å². The molecule has 0 bridgehead atoms. The lowest BCUT2D eigenvalue weighted by atomic mass is 10.2. The minimum absolute atomic E-state index is 0.0759. The molecule has 0 aliphatic carbocycles. The Kier molecular flexibility index (Phi) is 4.98. The van der Waals surface area contributed by atoms with Gasteiger partial charge in [-0.2, -0.15) is 5.10 Å². The van der Waals surface area contributed by atoms with Gasteiger partial charge in [0.05, 0.1) is 23.8 Å². The third-order valence-corrected chi connectivity index (χ3v) is 4.55. The number of aryl methyl sites for hydroxylation is 1. The highest BCUT2D eigenvalue weighted by Gasteiger charge is 2.17. The van der Waals surface area contributed by atoms with Crippen molar-refractivity contribution in [2.24, 2.45) is 0 Å². The van der Waals surface area contributed by atoms with Gasteiger partial charge >= 0.3 is 0 Å². The summed E-state index contributed by atoms with van der Waals surface area (Å²) in [4.78, 5) is 18.9. The van der Waals surface area contributed by atoms with Crippen LogP contribution in [-0.4, -0.2) is 25.7 Å². The first-order valence-corrected chi connectivity index (χ1v) is 8.87. The number of aromatic nitrogens is 4. The van der Waals surface area contributed by atoms with E-state index in [1.54, 1.807) is 6.92 Å². The summed E-state index contributed by atoms with van der Waals surface area (Å²) in [5.74, 6) is -1.87. The molecular formula is C20H15F4N5O. The van der Waals surface area contributed by atoms with E-state index in [1.165, 1.54) is 29.1 Å². The van der Waals surface area contributed by atoms with E-state index in [0.29, 0.717) is 22.4 Å². The number of hydrogen-bond donors (Lipinski definition) is 2. The van der Waals surface area contributed by atoms with Gasteiger partial charge in [0.2, 0.25) is 0 Å². The van der Waals surface area contributed by atoms with Crippen LogP contribution >= 0.6 is 0 Å². The monoisotopic (exact) mass is 417 g/mol. The molecule has 6 nitrogen and oxygen atoms in total. The van der Waals surface area contributed by atoms with E-state index in [0.717, 1.165) is 18.2 Å². The van der Waals surface area contributed by atoms with E-state index in [9.17, 15) is 22.4 Å². The number of aromatic amines is 1. The molecule has 0 aliphatic heterocycles. The Balaban J connectivity index is 1.60. The average Bonchev–Trinajstić information content (AvgIpc) is 3.29. The summed E-state index contributed by atoms with van der Waals surface area (Å²) in [6.45, 7) is 1.61. The quantitative estimate of drug-likeness (QED) is 0.467. The maximum absolute atomic E-state index is 14.0. The Hall–Kier alpha value is -3.69. The third kappa shape index (κ3) is 3.76. The molecule has 10 heteroatoms. The molecule has 0 aliphatic rings. The first kappa shape index (κ1) is 19.6. The van der Waals surface area contributed by atoms with Gasteiger partial charge < -0.3 is 10.3 Å². The SMILES string of the molecule is Cc1cnn(Cc2cc(F)ccc2F)c1NC(=O)c1ccc2nc(C(F)F)[nH]c2c1. The summed E-state index contributed by atoms with van der Waals surface area (Å²) in [6.07, 6.45) is -1.27. The standard InChI is InChI=1S/C20H15F4N5O/c1-10-8-25-29(9-12-6-13(21)3-4-14(12)22)19(10)28-20(30)11-2-5-15-16(7-11)27-18(26-15)17(23)24/h2-8,17H,9H2,1H3,(H,26,27)(H,28,30). The molecule has 0 saturated heterocycles. The number of carbonyl (C=O) groups is 1. The van der Waals surface area contributed by atoms with Gasteiger partial charge in [-0.25, -0.2) is 27.2 Å². The van der Waals surface area contributed by atoms with E-state index in [4.69, 9.17) is 0 Å². The fourth-order valence-corrected chi connectivity index (χ4v) is 3.04. The smallest absolute Gasteiger partial charge is 0.295 e. The van der Waals surface area contributed by atoms with Gasteiger partial charge in [-0.1, -0.05) is 0 Å². The molecular weight excluding hydrogens is 402 g/mol. The van der Waals surface area contributed by atoms with Crippen LogP contribution in [0.5, 0.6) is 0 Å². The first-order chi connectivity index (χ1) is 14.3. The average molecular weight is 417 g/mol. The van der Waals surface area contributed by atoms with Crippen LogP contribution in [0.1, 0.15) is 33.7 Å². The number of alkyl halides is 2. The lowest BCUT2D eigenvalue weighted by Gasteiger charge is -2.11. The highest BCUT2D eigenvalue weighted by atomic mass is 19.3. The molecule has 154 valence electrons. The zero-order chi connectivity index (χ0) is 21.4. The Morgan fingerprint density at radius 3 is 2.77 bits per heavy atom. The van der Waals surface area contributed by atoms with Crippen LogP contribution in [0, 0.1) is 18.6 Å². The van der Waals surface area contributed by atoms with Crippen molar-refractivity contribution in [1.29, 1.82) is 0 Å². The lowest BCUT2D eigenvalue weighted by molar-refractivity contribution is 0.102. The maximum atomic E-state index is 14.0. The lowest BCUT2D eigenvalue weighted by Crippen LogP contribution is -2.17. The second kappa shape index (κ2) is 7.62. The number of nitrogens with zero attached hydrogens (tertiary/aromatic N) is 3. The molecule has 0 fully saturated rings. The topological polar surface area (TPSA) is 75.6 Å². The van der Waals surface area contributed by atoms with Gasteiger partial charge in [-0.05, 0) is 43.3 Å². The summed E-state index contributed by atoms with van der Waals surface area (Å²) < 4.78 is 54.4. The molecule has 0 saturated carbocycles. The van der Waals surface area contributed by atoms with Crippen molar-refractivity contribution in [2.75, 3.05) is 5.32 Å². The van der Waals surface area contributed by atoms with Crippen molar-refractivity contribution in [3.8, 4) is 0 Å². The molecule has 2 N–H and O–H groups in total. The maximum Gasteiger partial charge on any atom is 0.295 e. The largest absolute Gasteiger partial charge is 0.337 e. The molecule has 4 aromatic rings. The van der Waals surface area contributed by atoms with Crippen molar-refractivity contribution >= 4 is 22.8 Å². The molecule has 2 aromatic carbocycles. The number of benzene rings is 2. The summed E-state index contributed by atoms with van der Waals surface area (Å²) in [6, 6.07) is 7.42. The van der Waals surface area contributed by atoms with E-state index >= 15 is 0 Å². The van der Waals surface area contributed by atoms with Crippen LogP contribution < -0.4 is 5.32 Å². The predicted octanol–water partition coefficient (Wildman–Crippen LogP) is 4.58. The molecule has 0 unspecified atom stereocenters. The van der Waals surface area contributed by atoms with Crippen molar-refractivity contribution in [2.45, 2.75) is 19.9 Å². The number of amides is 1. The highest BCUT2D eigenvalue weighted by Crippen LogP contribution is 2.22. The van der Waals surface area contributed by atoms with Gasteiger partial charge in [0.15, 0.2) is 5.82 Å². The number of halogens is 4. The van der Waals surface area contributed by atoms with Crippen LogP contribution in [-0.2, 0) is 6.54 Å². The van der Waals surface area contributed by atoms with E-state index in [-0.39, 0.29) is 17.7 Å². The highest BCUT2D eigenvalue weighted by molar-refractivity contribution is 6.05. The number of hydrogen-bond acceptors (Lipinski definition) is 3. The van der Waals surface area contributed by atoms with E-state index in [1.807, 2.05) is 0 Å². The molecule has 30 heavy (non-hydrogen) atoms. The van der Waals surface area contributed by atoms with Gasteiger partial charge in [0.25, 0.3) is 12.3 Å². The zero-order valence-electron chi connectivity index (χ0n) is 15.6. The van der Waals surface area contributed by atoms with Gasteiger partial charge in [-0.3, -0.25) is 4.79 Å². The Labute approximate surface area is 167 Å². The van der Waals surface area contributed by atoms with Crippen LogP contribution in [0.4, 0.5) is 23.4 Å². The third-order valence-electron chi connectivity index (χ3n) is 4.55. The number of H-pyrrole nitrogens is 1. The Morgan fingerprint density at radius 1 is 1.20 bits per heavy atom. The number of fused-ring (bicyclic) bond motifs is 1. The minimum atomic E-state index is -2.75. The summed E-state index contributed by atoms with van der Waals surface area (Å²) in [5, 5.41) is 6.80. The number of rotatable bonds is 5. The van der Waals surface area contributed by atoms with E-state index < -0.39 is 29.8 Å². The van der Waals surface area contributed by atoms with Gasteiger partial charge in [0, 0.05) is 16.7 Å². The summed E-state index contributed by atoms with van der Waals surface area (Å²) in [7, 11) is 0. The molecule has 0 radical (unpaired) electrons.